The molecule has 0 radical (unpaired) electrons. The zero-order chi connectivity index (χ0) is 17.1. The molecule has 0 aliphatic carbocycles. The van der Waals surface area contributed by atoms with Gasteiger partial charge in [-0.15, -0.1) is 11.3 Å². The molecule has 3 rings (SSSR count). The standard InChI is InChI=1S/C18H18ClN3OS/c1-3-21(4-2)18(23)16-12-15(17-6-5-11-24-17)20-22(16)14-9-7-13(19)8-10-14/h5-12H,3-4H2,1-2H3. The first-order valence-corrected chi connectivity index (χ1v) is 9.09. The Bertz CT molecular complexity index is 821. The number of hydrogen-bond donors (Lipinski definition) is 0. The summed E-state index contributed by atoms with van der Waals surface area (Å²) < 4.78 is 1.70. The van der Waals surface area contributed by atoms with Gasteiger partial charge in [0.1, 0.15) is 11.4 Å². The molecule has 1 amide bonds. The van der Waals surface area contributed by atoms with Crippen LogP contribution in [0.4, 0.5) is 0 Å². The van der Waals surface area contributed by atoms with Crippen molar-refractivity contribution in [1.29, 1.82) is 0 Å². The molecule has 0 aliphatic rings. The summed E-state index contributed by atoms with van der Waals surface area (Å²) in [5.41, 5.74) is 2.18. The molecule has 124 valence electrons. The number of nitrogens with zero attached hydrogens (tertiary/aromatic N) is 3. The largest absolute Gasteiger partial charge is 0.338 e. The maximum Gasteiger partial charge on any atom is 0.272 e. The van der Waals surface area contributed by atoms with E-state index in [2.05, 4.69) is 5.10 Å². The summed E-state index contributed by atoms with van der Waals surface area (Å²) >= 11 is 7.59. The molecule has 0 spiro atoms. The van der Waals surface area contributed by atoms with E-state index < -0.39 is 0 Å². The van der Waals surface area contributed by atoms with E-state index in [-0.39, 0.29) is 5.91 Å². The summed E-state index contributed by atoms with van der Waals surface area (Å²) in [4.78, 5) is 15.7. The van der Waals surface area contributed by atoms with Crippen LogP contribution in [0.5, 0.6) is 0 Å². The molecule has 6 heteroatoms. The summed E-state index contributed by atoms with van der Waals surface area (Å²) in [6.07, 6.45) is 0. The van der Waals surface area contributed by atoms with Gasteiger partial charge in [-0.3, -0.25) is 4.79 Å². The van der Waals surface area contributed by atoms with Gasteiger partial charge in [0.2, 0.25) is 0 Å². The third-order valence-corrected chi connectivity index (χ3v) is 4.97. The molecule has 2 aromatic heterocycles. The van der Waals surface area contributed by atoms with Crippen molar-refractivity contribution in [2.75, 3.05) is 13.1 Å². The van der Waals surface area contributed by atoms with Crippen LogP contribution in [-0.2, 0) is 0 Å². The molecule has 0 saturated carbocycles. The van der Waals surface area contributed by atoms with Crippen molar-refractivity contribution in [2.24, 2.45) is 0 Å². The molecule has 0 aliphatic heterocycles. The van der Waals surface area contributed by atoms with Gasteiger partial charge >= 0.3 is 0 Å². The number of carbonyl (C=O) groups is 1. The fourth-order valence-electron chi connectivity index (χ4n) is 2.53. The second kappa shape index (κ2) is 7.20. The van der Waals surface area contributed by atoms with Crippen molar-refractivity contribution in [1.82, 2.24) is 14.7 Å². The number of thiophene rings is 1. The lowest BCUT2D eigenvalue weighted by Gasteiger charge is -2.19. The van der Waals surface area contributed by atoms with E-state index in [1.165, 1.54) is 0 Å². The number of halogens is 1. The van der Waals surface area contributed by atoms with Crippen LogP contribution in [0.1, 0.15) is 24.3 Å². The molecule has 4 nitrogen and oxygen atoms in total. The van der Waals surface area contributed by atoms with Crippen molar-refractivity contribution in [3.05, 3.63) is 58.6 Å². The van der Waals surface area contributed by atoms with Crippen LogP contribution in [0, 0.1) is 0 Å². The molecule has 3 aromatic rings. The lowest BCUT2D eigenvalue weighted by Crippen LogP contribution is -2.32. The Labute approximate surface area is 150 Å². The Hall–Kier alpha value is -2.11. The average molecular weight is 360 g/mol. The van der Waals surface area contributed by atoms with E-state index in [0.29, 0.717) is 23.8 Å². The summed E-state index contributed by atoms with van der Waals surface area (Å²) in [5.74, 6) is -0.0229. The van der Waals surface area contributed by atoms with Gasteiger partial charge < -0.3 is 4.90 Å². The Balaban J connectivity index is 2.11. The molecule has 0 saturated heterocycles. The molecule has 1 aromatic carbocycles. The van der Waals surface area contributed by atoms with Crippen molar-refractivity contribution < 1.29 is 4.79 Å². The Morgan fingerprint density at radius 3 is 2.50 bits per heavy atom. The Kier molecular flexibility index (Phi) is 5.02. The summed E-state index contributed by atoms with van der Waals surface area (Å²) in [5, 5.41) is 7.32. The minimum Gasteiger partial charge on any atom is -0.338 e. The van der Waals surface area contributed by atoms with Crippen LogP contribution in [-0.4, -0.2) is 33.7 Å². The van der Waals surface area contributed by atoms with Gasteiger partial charge in [0.25, 0.3) is 5.91 Å². The van der Waals surface area contributed by atoms with Crippen LogP contribution in [0.25, 0.3) is 16.3 Å². The van der Waals surface area contributed by atoms with Crippen LogP contribution in [0.3, 0.4) is 0 Å². The number of aromatic nitrogens is 2. The summed E-state index contributed by atoms with van der Waals surface area (Å²) in [6, 6.07) is 13.2. The SMILES string of the molecule is CCN(CC)C(=O)c1cc(-c2cccs2)nn1-c1ccc(Cl)cc1. The van der Waals surface area contributed by atoms with Gasteiger partial charge in [0.15, 0.2) is 0 Å². The second-order valence-corrected chi connectivity index (χ2v) is 6.64. The Morgan fingerprint density at radius 1 is 1.21 bits per heavy atom. The number of hydrogen-bond acceptors (Lipinski definition) is 3. The van der Waals surface area contributed by atoms with E-state index in [1.54, 1.807) is 33.1 Å². The second-order valence-electron chi connectivity index (χ2n) is 5.26. The highest BCUT2D eigenvalue weighted by atomic mass is 35.5. The number of carbonyl (C=O) groups excluding carboxylic acids is 1. The first-order chi connectivity index (χ1) is 11.6. The first kappa shape index (κ1) is 16.7. The molecule has 0 fully saturated rings. The molecule has 2 heterocycles. The van der Waals surface area contributed by atoms with E-state index in [4.69, 9.17) is 11.6 Å². The molecular weight excluding hydrogens is 342 g/mol. The average Bonchev–Trinajstić information content (AvgIpc) is 3.26. The van der Waals surface area contributed by atoms with Gasteiger partial charge in [0.05, 0.1) is 10.6 Å². The molecule has 0 bridgehead atoms. The van der Waals surface area contributed by atoms with Crippen molar-refractivity contribution >= 4 is 28.8 Å². The molecule has 0 atom stereocenters. The summed E-state index contributed by atoms with van der Waals surface area (Å²) in [7, 11) is 0. The van der Waals surface area contributed by atoms with E-state index >= 15 is 0 Å². The predicted molar refractivity (Wildman–Crippen MR) is 99.1 cm³/mol. The predicted octanol–water partition coefficient (Wildman–Crippen LogP) is 4.74. The molecule has 0 N–H and O–H groups in total. The quantitative estimate of drug-likeness (QED) is 0.660. The minimum absolute atomic E-state index is 0.0229. The highest BCUT2D eigenvalue weighted by Crippen LogP contribution is 2.26. The Morgan fingerprint density at radius 2 is 1.92 bits per heavy atom. The monoisotopic (exact) mass is 359 g/mol. The van der Waals surface area contributed by atoms with Crippen molar-refractivity contribution in [2.45, 2.75) is 13.8 Å². The lowest BCUT2D eigenvalue weighted by atomic mass is 10.2. The van der Waals surface area contributed by atoms with Crippen LogP contribution in [0.2, 0.25) is 5.02 Å². The zero-order valence-electron chi connectivity index (χ0n) is 13.6. The van der Waals surface area contributed by atoms with Crippen molar-refractivity contribution in [3.63, 3.8) is 0 Å². The zero-order valence-corrected chi connectivity index (χ0v) is 15.1. The van der Waals surface area contributed by atoms with Gasteiger partial charge in [0, 0.05) is 18.1 Å². The highest BCUT2D eigenvalue weighted by molar-refractivity contribution is 7.13. The van der Waals surface area contributed by atoms with E-state index in [1.807, 2.05) is 49.6 Å². The number of benzene rings is 1. The molecular formula is C18H18ClN3OS. The minimum atomic E-state index is -0.0229. The fourth-order valence-corrected chi connectivity index (χ4v) is 3.34. The maximum absolute atomic E-state index is 12.9. The topological polar surface area (TPSA) is 38.1 Å². The van der Waals surface area contributed by atoms with E-state index in [0.717, 1.165) is 16.3 Å². The van der Waals surface area contributed by atoms with Gasteiger partial charge in [-0.2, -0.15) is 5.10 Å². The number of rotatable bonds is 5. The smallest absolute Gasteiger partial charge is 0.272 e. The van der Waals surface area contributed by atoms with Crippen LogP contribution in [0.15, 0.2) is 47.8 Å². The van der Waals surface area contributed by atoms with Gasteiger partial charge in [-0.05, 0) is 55.6 Å². The van der Waals surface area contributed by atoms with Gasteiger partial charge in [-0.1, -0.05) is 17.7 Å². The first-order valence-electron chi connectivity index (χ1n) is 7.83. The maximum atomic E-state index is 12.9. The normalized spacial score (nSPS) is 10.8. The van der Waals surface area contributed by atoms with Gasteiger partial charge in [-0.25, -0.2) is 4.68 Å². The third-order valence-electron chi connectivity index (χ3n) is 3.82. The lowest BCUT2D eigenvalue weighted by molar-refractivity contribution is 0.0764. The third kappa shape index (κ3) is 3.23. The molecule has 0 unspecified atom stereocenters. The van der Waals surface area contributed by atoms with Crippen LogP contribution < -0.4 is 0 Å². The summed E-state index contributed by atoms with van der Waals surface area (Å²) in [6.45, 7) is 5.28. The number of amides is 1. The van der Waals surface area contributed by atoms with E-state index in [9.17, 15) is 4.79 Å². The van der Waals surface area contributed by atoms with Crippen molar-refractivity contribution in [3.8, 4) is 16.3 Å². The van der Waals surface area contributed by atoms with Crippen LogP contribution >= 0.6 is 22.9 Å². The highest BCUT2D eigenvalue weighted by Gasteiger charge is 2.21. The molecule has 24 heavy (non-hydrogen) atoms. The fraction of sp³-hybridized carbons (Fsp3) is 0.222.